The van der Waals surface area contributed by atoms with Crippen molar-refractivity contribution in [3.8, 4) is 51.0 Å². The maximum absolute atomic E-state index is 6.68. The Bertz CT molecular complexity index is 3030. The van der Waals surface area contributed by atoms with E-state index in [1.54, 1.807) is 0 Å². The molecule has 0 N–H and O–H groups in total. The summed E-state index contributed by atoms with van der Waals surface area (Å²) in [4.78, 5) is 19.5. The van der Waals surface area contributed by atoms with Gasteiger partial charge in [0.05, 0.1) is 16.6 Å². The monoisotopic (exact) mass is 681 g/mol. The van der Waals surface area contributed by atoms with Crippen molar-refractivity contribution in [3.05, 3.63) is 163 Å². The summed E-state index contributed by atoms with van der Waals surface area (Å²) in [6.45, 7) is 4.66. The average Bonchev–Trinajstić information content (AvgIpc) is 3.82. The number of rotatable bonds is 4. The number of furan rings is 1. The quantitative estimate of drug-likeness (QED) is 0.185. The Kier molecular flexibility index (Phi) is 6.20. The predicted molar refractivity (Wildman–Crippen MR) is 213 cm³/mol. The smallest absolute Gasteiger partial charge is 0.167 e. The lowest BCUT2D eigenvalue weighted by Crippen LogP contribution is -2.14. The molecular formula is C47H31N5O. The Morgan fingerprint density at radius 3 is 1.98 bits per heavy atom. The molecule has 0 bridgehead atoms. The van der Waals surface area contributed by atoms with Crippen LogP contribution in [-0.2, 0) is 5.41 Å². The maximum Gasteiger partial charge on any atom is 0.167 e. The van der Waals surface area contributed by atoms with Crippen LogP contribution in [0.5, 0.6) is 0 Å². The fourth-order valence-corrected chi connectivity index (χ4v) is 8.37. The first-order chi connectivity index (χ1) is 26.0. The Balaban J connectivity index is 1.12. The van der Waals surface area contributed by atoms with Crippen molar-refractivity contribution in [2.24, 2.45) is 0 Å². The third-order valence-electron chi connectivity index (χ3n) is 10.9. The van der Waals surface area contributed by atoms with Gasteiger partial charge in [-0.15, -0.1) is 0 Å². The minimum absolute atomic E-state index is 0.115. The lowest BCUT2D eigenvalue weighted by atomic mass is 9.82. The van der Waals surface area contributed by atoms with Crippen molar-refractivity contribution in [3.63, 3.8) is 0 Å². The fraction of sp³-hybridized carbons (Fsp3) is 0.0638. The molecule has 4 aromatic heterocycles. The first-order valence-corrected chi connectivity index (χ1v) is 17.9. The molecule has 0 aliphatic heterocycles. The van der Waals surface area contributed by atoms with E-state index < -0.39 is 0 Å². The highest BCUT2D eigenvalue weighted by Crippen LogP contribution is 2.51. The van der Waals surface area contributed by atoms with Gasteiger partial charge in [0.1, 0.15) is 11.2 Å². The van der Waals surface area contributed by atoms with E-state index in [1.165, 1.54) is 27.6 Å². The molecular weight excluding hydrogens is 651 g/mol. The average molecular weight is 682 g/mol. The topological polar surface area (TPSA) is 69.6 Å². The molecule has 0 amide bonds. The second-order valence-electron chi connectivity index (χ2n) is 14.3. The second-order valence-corrected chi connectivity index (χ2v) is 14.3. The first-order valence-electron chi connectivity index (χ1n) is 17.9. The van der Waals surface area contributed by atoms with E-state index in [-0.39, 0.29) is 5.41 Å². The van der Waals surface area contributed by atoms with Crippen LogP contribution in [0.1, 0.15) is 25.0 Å². The minimum Gasteiger partial charge on any atom is -0.455 e. The third-order valence-corrected chi connectivity index (χ3v) is 10.9. The van der Waals surface area contributed by atoms with Gasteiger partial charge in [-0.25, -0.2) is 15.0 Å². The molecule has 53 heavy (non-hydrogen) atoms. The van der Waals surface area contributed by atoms with E-state index >= 15 is 0 Å². The van der Waals surface area contributed by atoms with Gasteiger partial charge in [0, 0.05) is 56.2 Å². The Labute approximate surface area is 305 Å². The fourth-order valence-electron chi connectivity index (χ4n) is 8.37. The normalized spacial score (nSPS) is 13.2. The number of nitrogens with zero attached hydrogens (tertiary/aromatic N) is 5. The van der Waals surface area contributed by atoms with Gasteiger partial charge in [0.2, 0.25) is 0 Å². The van der Waals surface area contributed by atoms with Crippen LogP contribution in [0.2, 0.25) is 0 Å². The van der Waals surface area contributed by atoms with Gasteiger partial charge in [0.15, 0.2) is 17.5 Å². The molecule has 4 heterocycles. The number of hydrogen-bond acceptors (Lipinski definition) is 5. The van der Waals surface area contributed by atoms with Gasteiger partial charge in [-0.3, -0.25) is 4.98 Å². The van der Waals surface area contributed by atoms with Crippen LogP contribution in [0.4, 0.5) is 0 Å². The summed E-state index contributed by atoms with van der Waals surface area (Å²) in [6.07, 6.45) is 3.87. The molecule has 0 radical (unpaired) electrons. The van der Waals surface area contributed by atoms with Gasteiger partial charge in [-0.2, -0.15) is 0 Å². The van der Waals surface area contributed by atoms with Crippen molar-refractivity contribution in [2.75, 3.05) is 0 Å². The van der Waals surface area contributed by atoms with Gasteiger partial charge in [-0.05, 0) is 64.7 Å². The highest BCUT2D eigenvalue weighted by Gasteiger charge is 2.36. The van der Waals surface area contributed by atoms with Crippen LogP contribution >= 0.6 is 0 Å². The zero-order valence-corrected chi connectivity index (χ0v) is 29.1. The van der Waals surface area contributed by atoms with E-state index in [0.717, 1.165) is 60.7 Å². The molecule has 6 aromatic carbocycles. The summed E-state index contributed by atoms with van der Waals surface area (Å²) in [5.41, 5.74) is 12.7. The van der Waals surface area contributed by atoms with Crippen LogP contribution in [0.25, 0.3) is 94.7 Å². The van der Waals surface area contributed by atoms with Crippen LogP contribution in [0.3, 0.4) is 0 Å². The molecule has 1 aliphatic carbocycles. The number of benzene rings is 6. The molecule has 0 spiro atoms. The highest BCUT2D eigenvalue weighted by molar-refractivity contribution is 6.13. The highest BCUT2D eigenvalue weighted by atomic mass is 16.3. The van der Waals surface area contributed by atoms with Gasteiger partial charge < -0.3 is 8.98 Å². The summed E-state index contributed by atoms with van der Waals surface area (Å²) >= 11 is 0. The van der Waals surface area contributed by atoms with Crippen LogP contribution < -0.4 is 0 Å². The number of aromatic nitrogens is 5. The summed E-state index contributed by atoms with van der Waals surface area (Å²) in [5.74, 6) is 1.79. The van der Waals surface area contributed by atoms with Crippen molar-refractivity contribution in [1.29, 1.82) is 0 Å². The number of hydrogen-bond donors (Lipinski definition) is 0. The molecule has 250 valence electrons. The van der Waals surface area contributed by atoms with E-state index in [0.29, 0.717) is 17.5 Å². The minimum atomic E-state index is -0.115. The molecule has 6 heteroatoms. The summed E-state index contributed by atoms with van der Waals surface area (Å²) < 4.78 is 9.05. The molecule has 11 rings (SSSR count). The molecule has 0 unspecified atom stereocenters. The number of pyridine rings is 1. The van der Waals surface area contributed by atoms with Crippen LogP contribution in [0, 0.1) is 0 Å². The SMILES string of the molecule is CC1(C)c2ccccc2-c2cc3c4cnccc4n(-c4ccc5oc6c(-c7nc(-c8ccccc8)nc(-c8ccccc8)n7)cccc6c5c4)c3cc21. The van der Waals surface area contributed by atoms with Crippen molar-refractivity contribution >= 4 is 43.7 Å². The lowest BCUT2D eigenvalue weighted by molar-refractivity contribution is 0.661. The lowest BCUT2D eigenvalue weighted by Gasteiger charge is -2.21. The predicted octanol–water partition coefficient (Wildman–Crippen LogP) is 11.6. The number of fused-ring (bicyclic) bond motifs is 9. The Hall–Kier alpha value is -6.92. The standard InChI is InChI=1S/C47H31N5O/c1-47(2)38-19-10-9-16-31(38)34-25-35-37-27-48-23-22-40(37)52(41(35)26-39(34)47)30-20-21-42-36(24-30)32-17-11-18-33(43(32)53-42)46-50-44(28-12-5-3-6-13-28)49-45(51-46)29-14-7-4-8-15-29/h3-27H,1-2H3. The number of para-hydroxylation sites is 1. The van der Waals surface area contributed by atoms with Gasteiger partial charge in [-0.1, -0.05) is 111 Å². The van der Waals surface area contributed by atoms with Crippen LogP contribution in [-0.4, -0.2) is 24.5 Å². The zero-order valence-electron chi connectivity index (χ0n) is 29.1. The first kappa shape index (κ1) is 29.8. The Morgan fingerprint density at radius 1 is 0.509 bits per heavy atom. The van der Waals surface area contributed by atoms with Crippen molar-refractivity contribution < 1.29 is 4.42 Å². The Morgan fingerprint density at radius 2 is 1.21 bits per heavy atom. The molecule has 6 nitrogen and oxygen atoms in total. The summed E-state index contributed by atoms with van der Waals surface area (Å²) in [7, 11) is 0. The molecule has 0 saturated carbocycles. The van der Waals surface area contributed by atoms with Crippen molar-refractivity contribution in [2.45, 2.75) is 19.3 Å². The van der Waals surface area contributed by atoms with Crippen molar-refractivity contribution in [1.82, 2.24) is 24.5 Å². The maximum atomic E-state index is 6.68. The van der Waals surface area contributed by atoms with E-state index in [2.05, 4.69) is 96.2 Å². The summed E-state index contributed by atoms with van der Waals surface area (Å²) in [5, 5.41) is 4.35. The van der Waals surface area contributed by atoms with Gasteiger partial charge >= 0.3 is 0 Å². The van der Waals surface area contributed by atoms with Crippen LogP contribution in [0.15, 0.2) is 156 Å². The molecule has 0 fully saturated rings. The largest absolute Gasteiger partial charge is 0.455 e. The van der Waals surface area contributed by atoms with Gasteiger partial charge in [0.25, 0.3) is 0 Å². The van der Waals surface area contributed by atoms with E-state index in [1.807, 2.05) is 79.1 Å². The molecule has 0 atom stereocenters. The van der Waals surface area contributed by atoms with E-state index in [4.69, 9.17) is 19.4 Å². The second kappa shape index (κ2) is 11.0. The summed E-state index contributed by atoms with van der Waals surface area (Å²) in [6, 6.07) is 48.5. The molecule has 10 aromatic rings. The third kappa shape index (κ3) is 4.39. The zero-order chi connectivity index (χ0) is 35.3. The molecule has 0 saturated heterocycles. The molecule has 1 aliphatic rings. The van der Waals surface area contributed by atoms with E-state index in [9.17, 15) is 0 Å².